The lowest BCUT2D eigenvalue weighted by atomic mass is 9.91. The summed E-state index contributed by atoms with van der Waals surface area (Å²) < 4.78 is 27.6. The number of urea groups is 1. The van der Waals surface area contributed by atoms with Crippen LogP contribution < -0.4 is 21.4 Å². The van der Waals surface area contributed by atoms with Crippen LogP contribution in [0.3, 0.4) is 0 Å². The van der Waals surface area contributed by atoms with Crippen molar-refractivity contribution in [2.24, 2.45) is 0 Å². The van der Waals surface area contributed by atoms with Gasteiger partial charge in [0.15, 0.2) is 0 Å². The number of phenols is 1. The number of halogens is 2. The first kappa shape index (κ1) is 26.6. The van der Waals surface area contributed by atoms with E-state index in [4.69, 9.17) is 5.21 Å². The minimum absolute atomic E-state index is 0.00291. The number of hydroxylamine groups is 1. The van der Waals surface area contributed by atoms with Crippen LogP contribution >= 0.6 is 0 Å². The Morgan fingerprint density at radius 2 is 1.63 bits per heavy atom. The Morgan fingerprint density at radius 1 is 1.00 bits per heavy atom. The topological polar surface area (TPSA) is 140 Å². The summed E-state index contributed by atoms with van der Waals surface area (Å²) in [4.78, 5) is 36.4. The molecule has 2 aromatic carbocycles. The summed E-state index contributed by atoms with van der Waals surface area (Å²) in [7, 11) is 1.18. The molecule has 0 aromatic heterocycles. The van der Waals surface area contributed by atoms with Crippen LogP contribution in [-0.4, -0.2) is 53.2 Å². The van der Waals surface area contributed by atoms with Gasteiger partial charge in [-0.1, -0.05) is 18.1 Å². The lowest BCUT2D eigenvalue weighted by molar-refractivity contribution is -0.135. The van der Waals surface area contributed by atoms with Crippen molar-refractivity contribution in [1.29, 1.82) is 0 Å². The first-order valence-electron chi connectivity index (χ1n) is 10.0. The molecule has 0 bridgehead atoms. The van der Waals surface area contributed by atoms with Crippen LogP contribution in [0.4, 0.5) is 13.6 Å². The maximum atomic E-state index is 13.8. The van der Waals surface area contributed by atoms with Crippen LogP contribution in [0.2, 0.25) is 0 Å². The van der Waals surface area contributed by atoms with E-state index in [0.29, 0.717) is 11.1 Å². The number of hydrogen-bond donors (Lipinski definition) is 6. The van der Waals surface area contributed by atoms with Crippen LogP contribution in [0, 0.1) is 23.7 Å². The van der Waals surface area contributed by atoms with Gasteiger partial charge in [0.05, 0.1) is 5.56 Å². The molecular formula is C24H22F2N4O5. The Morgan fingerprint density at radius 3 is 2.20 bits per heavy atom. The van der Waals surface area contributed by atoms with Gasteiger partial charge in [0.25, 0.3) is 18.2 Å². The number of carbonyl (C=O) groups is 3. The van der Waals surface area contributed by atoms with Gasteiger partial charge < -0.3 is 21.1 Å². The third-order valence-electron chi connectivity index (χ3n) is 4.83. The lowest BCUT2D eigenvalue weighted by Gasteiger charge is -2.36. The van der Waals surface area contributed by atoms with E-state index >= 15 is 0 Å². The number of hydrogen-bond acceptors (Lipinski definition) is 5. The first-order chi connectivity index (χ1) is 16.6. The minimum atomic E-state index is -3.29. The molecule has 2 aromatic rings. The quantitative estimate of drug-likeness (QED) is 0.209. The van der Waals surface area contributed by atoms with Gasteiger partial charge in [-0.05, 0) is 61.1 Å². The van der Waals surface area contributed by atoms with Gasteiger partial charge in [-0.15, -0.1) is 0 Å². The van der Waals surface area contributed by atoms with Crippen LogP contribution in [0.25, 0.3) is 0 Å². The molecule has 0 aliphatic heterocycles. The standard InChI is InChI=1S/C24H22F2N4O5/c1-24(22(25)26,29-23(34)27-2)19(21(33)30-35)28-20(32)17-13-11-15(12-14-17)7-3-4-8-16-9-5-6-10-18(16)31/h5-6,9-14,19,22,31,35H,1-2H3,(H,28,32)(H,30,33)(H2,27,29,34)/t19-,24?/m1/s1. The predicted octanol–water partition coefficient (Wildman–Crippen LogP) is 1.35. The molecular weight excluding hydrogens is 462 g/mol. The van der Waals surface area contributed by atoms with E-state index in [1.807, 2.05) is 5.32 Å². The van der Waals surface area contributed by atoms with Crippen LogP contribution in [0.1, 0.15) is 28.4 Å². The van der Waals surface area contributed by atoms with Crippen molar-refractivity contribution in [2.45, 2.75) is 24.9 Å². The highest BCUT2D eigenvalue weighted by Crippen LogP contribution is 2.21. The van der Waals surface area contributed by atoms with E-state index in [1.165, 1.54) is 42.9 Å². The Hall–Kier alpha value is -4.61. The Kier molecular flexibility index (Phi) is 9.15. The number of alkyl halides is 2. The van der Waals surface area contributed by atoms with Gasteiger partial charge in [-0.3, -0.25) is 14.8 Å². The molecule has 35 heavy (non-hydrogen) atoms. The number of nitrogens with one attached hydrogen (secondary N) is 4. The lowest BCUT2D eigenvalue weighted by Crippen LogP contribution is -2.69. The molecule has 2 rings (SSSR count). The second-order valence-corrected chi connectivity index (χ2v) is 7.26. The molecule has 6 N–H and O–H groups in total. The summed E-state index contributed by atoms with van der Waals surface area (Å²) in [6.07, 6.45) is -3.29. The highest BCUT2D eigenvalue weighted by molar-refractivity contribution is 5.98. The molecule has 0 spiro atoms. The van der Waals surface area contributed by atoms with Crippen molar-refractivity contribution in [3.8, 4) is 29.4 Å². The van der Waals surface area contributed by atoms with Gasteiger partial charge in [0.2, 0.25) is 0 Å². The Balaban J connectivity index is 2.20. The summed E-state index contributed by atoms with van der Waals surface area (Å²) in [6, 6.07) is 9.08. The predicted molar refractivity (Wildman–Crippen MR) is 121 cm³/mol. The maximum absolute atomic E-state index is 13.8. The molecule has 0 radical (unpaired) electrons. The van der Waals surface area contributed by atoms with E-state index in [9.17, 15) is 28.3 Å². The molecule has 11 heteroatoms. The SMILES string of the molecule is CNC(=O)NC(C)(C(F)F)[C@H](NC(=O)c1ccc(C#CC#Cc2ccccc2O)cc1)C(=O)NO. The summed E-state index contributed by atoms with van der Waals surface area (Å²) in [5, 5.41) is 24.8. The Bertz CT molecular complexity index is 1210. The zero-order chi connectivity index (χ0) is 26.0. The average Bonchev–Trinajstić information content (AvgIpc) is 2.85. The highest BCUT2D eigenvalue weighted by atomic mass is 19.3. The Labute approximate surface area is 199 Å². The van der Waals surface area contributed by atoms with Gasteiger partial charge in [0.1, 0.15) is 17.3 Å². The van der Waals surface area contributed by atoms with Crippen LogP contribution in [-0.2, 0) is 4.79 Å². The van der Waals surface area contributed by atoms with Crippen molar-refractivity contribution >= 4 is 17.8 Å². The zero-order valence-corrected chi connectivity index (χ0v) is 18.6. The van der Waals surface area contributed by atoms with E-state index in [-0.39, 0.29) is 11.3 Å². The van der Waals surface area contributed by atoms with E-state index in [1.54, 1.807) is 18.2 Å². The molecule has 182 valence electrons. The second kappa shape index (κ2) is 12.0. The van der Waals surface area contributed by atoms with Gasteiger partial charge in [0, 0.05) is 18.2 Å². The number of amides is 4. The van der Waals surface area contributed by atoms with Crippen molar-refractivity contribution in [3.05, 3.63) is 65.2 Å². The number of carbonyl (C=O) groups excluding carboxylic acids is 3. The van der Waals surface area contributed by atoms with Crippen LogP contribution in [0.15, 0.2) is 48.5 Å². The molecule has 0 saturated carbocycles. The summed E-state index contributed by atoms with van der Waals surface area (Å²) >= 11 is 0. The average molecular weight is 484 g/mol. The minimum Gasteiger partial charge on any atom is -0.507 e. The van der Waals surface area contributed by atoms with Crippen molar-refractivity contribution in [3.63, 3.8) is 0 Å². The largest absolute Gasteiger partial charge is 0.507 e. The smallest absolute Gasteiger partial charge is 0.315 e. The summed E-state index contributed by atoms with van der Waals surface area (Å²) in [5.74, 6) is 8.40. The van der Waals surface area contributed by atoms with Gasteiger partial charge in [-0.25, -0.2) is 19.1 Å². The highest BCUT2D eigenvalue weighted by Gasteiger charge is 2.48. The van der Waals surface area contributed by atoms with E-state index in [0.717, 1.165) is 6.92 Å². The molecule has 1 unspecified atom stereocenters. The molecule has 0 heterocycles. The summed E-state index contributed by atoms with van der Waals surface area (Å²) in [6.45, 7) is 0.849. The number of aromatic hydroxyl groups is 1. The molecule has 0 saturated heterocycles. The number of phenolic OH excluding ortho intramolecular Hbond substituents is 1. The fourth-order valence-corrected chi connectivity index (χ4v) is 2.81. The van der Waals surface area contributed by atoms with Gasteiger partial charge >= 0.3 is 6.03 Å². The number of para-hydroxylation sites is 1. The van der Waals surface area contributed by atoms with E-state index in [2.05, 4.69) is 34.3 Å². The summed E-state index contributed by atoms with van der Waals surface area (Å²) in [5.41, 5.74) is -0.435. The maximum Gasteiger partial charge on any atom is 0.315 e. The second-order valence-electron chi connectivity index (χ2n) is 7.26. The third-order valence-corrected chi connectivity index (χ3v) is 4.83. The molecule has 0 aliphatic rings. The molecule has 0 aliphatic carbocycles. The molecule has 2 atom stereocenters. The fourth-order valence-electron chi connectivity index (χ4n) is 2.81. The molecule has 9 nitrogen and oxygen atoms in total. The van der Waals surface area contributed by atoms with Crippen molar-refractivity contribution in [1.82, 2.24) is 21.4 Å². The van der Waals surface area contributed by atoms with Crippen molar-refractivity contribution < 1.29 is 33.5 Å². The monoisotopic (exact) mass is 484 g/mol. The zero-order valence-electron chi connectivity index (χ0n) is 18.6. The molecule has 4 amide bonds. The van der Waals surface area contributed by atoms with Crippen LogP contribution in [0.5, 0.6) is 5.75 Å². The fraction of sp³-hybridized carbons (Fsp3) is 0.208. The van der Waals surface area contributed by atoms with E-state index < -0.39 is 35.9 Å². The number of rotatable bonds is 6. The van der Waals surface area contributed by atoms with Crippen molar-refractivity contribution in [2.75, 3.05) is 7.05 Å². The normalized spacial score (nSPS) is 12.5. The van der Waals surface area contributed by atoms with Gasteiger partial charge in [-0.2, -0.15) is 0 Å². The number of benzene rings is 2. The third kappa shape index (κ3) is 6.93. The molecule has 0 fully saturated rings. The first-order valence-corrected chi connectivity index (χ1v) is 10.0.